The van der Waals surface area contributed by atoms with Crippen LogP contribution in [0.25, 0.3) is 5.57 Å². The van der Waals surface area contributed by atoms with Crippen LogP contribution in [0.4, 0.5) is 4.39 Å². The Bertz CT molecular complexity index is 1600. The van der Waals surface area contributed by atoms with Crippen molar-refractivity contribution in [2.24, 2.45) is 62.9 Å². The van der Waals surface area contributed by atoms with E-state index in [2.05, 4.69) is 70.0 Å². The summed E-state index contributed by atoms with van der Waals surface area (Å²) in [5.41, 5.74) is 9.44. The summed E-state index contributed by atoms with van der Waals surface area (Å²) in [5, 5.41) is 4.16. The van der Waals surface area contributed by atoms with E-state index in [-0.39, 0.29) is 57.2 Å². The molecule has 10 unspecified atom stereocenters. The summed E-state index contributed by atoms with van der Waals surface area (Å²) in [4.78, 5) is 14.1. The van der Waals surface area contributed by atoms with Crippen molar-refractivity contribution in [3.63, 3.8) is 0 Å². The average molecular weight is 710 g/mol. The van der Waals surface area contributed by atoms with Crippen LogP contribution in [0, 0.1) is 57.2 Å². The first-order valence-corrected chi connectivity index (χ1v) is 21.7. The molecule has 0 radical (unpaired) electrons. The number of halogens is 1. The Morgan fingerprint density at radius 2 is 1.64 bits per heavy atom. The number of primary amides is 1. The predicted molar refractivity (Wildman–Crippen MR) is 201 cm³/mol. The second-order valence-electron chi connectivity index (χ2n) is 19.1. The molecule has 0 bridgehead atoms. The van der Waals surface area contributed by atoms with E-state index in [1.54, 1.807) is 0 Å². The van der Waals surface area contributed by atoms with Gasteiger partial charge in [0, 0.05) is 37.3 Å². The lowest BCUT2D eigenvalue weighted by molar-refractivity contribution is -0.221. The van der Waals surface area contributed by atoms with Gasteiger partial charge in [0.05, 0.1) is 18.2 Å². The van der Waals surface area contributed by atoms with Crippen LogP contribution >= 0.6 is 0 Å². The molecular formula is C42H64FN3O3S. The summed E-state index contributed by atoms with van der Waals surface area (Å²) in [7, 11) is -2.89. The third-order valence-corrected chi connectivity index (χ3v) is 18.5. The van der Waals surface area contributed by atoms with Gasteiger partial charge in [-0.15, -0.1) is 0 Å². The van der Waals surface area contributed by atoms with Crippen molar-refractivity contribution in [1.29, 1.82) is 0 Å². The maximum Gasteiger partial charge on any atom is 0.248 e. The van der Waals surface area contributed by atoms with Gasteiger partial charge in [-0.25, -0.2) is 8.42 Å². The van der Waals surface area contributed by atoms with Crippen molar-refractivity contribution in [1.82, 2.24) is 10.2 Å². The number of benzene rings is 1. The number of nitrogens with zero attached hydrogens (tertiary/aromatic N) is 1. The quantitative estimate of drug-likeness (QED) is 0.291. The van der Waals surface area contributed by atoms with E-state index in [1.165, 1.54) is 43.2 Å². The van der Waals surface area contributed by atoms with Crippen LogP contribution in [0.5, 0.6) is 0 Å². The fraction of sp³-hybridized carbons (Fsp3) is 0.786. The van der Waals surface area contributed by atoms with Gasteiger partial charge < -0.3 is 16.0 Å². The van der Waals surface area contributed by atoms with Gasteiger partial charge in [0.25, 0.3) is 0 Å². The van der Waals surface area contributed by atoms with Crippen LogP contribution in [0.15, 0.2) is 30.3 Å². The minimum absolute atomic E-state index is 0.0115. The highest BCUT2D eigenvalue weighted by atomic mass is 32.2. The minimum Gasteiger partial charge on any atom is -0.366 e. The Morgan fingerprint density at radius 3 is 2.30 bits per heavy atom. The highest BCUT2D eigenvalue weighted by Crippen LogP contribution is 2.76. The van der Waals surface area contributed by atoms with Crippen LogP contribution in [0.2, 0.25) is 0 Å². The molecule has 1 aromatic rings. The molecule has 50 heavy (non-hydrogen) atoms. The summed E-state index contributed by atoms with van der Waals surface area (Å²) < 4.78 is 38.6. The number of nitrogens with two attached hydrogens (primary N) is 1. The molecular weight excluding hydrogens is 646 g/mol. The standard InChI is InChI=1S/C42H64FN3O3S/c1-28(27-43)31-13-18-42(45-21-22-46-23-25-50(48,49)26-24-46)20-19-40(5)33(36(31)42)11-12-35-39(4)16-14-32(29-7-9-30(10-8-29)37(44)47)38(2,3)34(39)15-17-41(35,40)6/h7-10,14,28,31,33-36,45H,11-13,15-27H2,1-6H3,(H2,44,47). The number of hydrogen-bond donors (Lipinski definition) is 2. The van der Waals surface area contributed by atoms with Crippen molar-refractivity contribution in [2.45, 2.75) is 105 Å². The van der Waals surface area contributed by atoms with E-state index in [4.69, 9.17) is 5.73 Å². The van der Waals surface area contributed by atoms with E-state index >= 15 is 0 Å². The van der Waals surface area contributed by atoms with Crippen molar-refractivity contribution in [3.05, 3.63) is 41.5 Å². The van der Waals surface area contributed by atoms with Crippen molar-refractivity contribution in [3.8, 4) is 0 Å². The molecule has 8 heteroatoms. The predicted octanol–water partition coefficient (Wildman–Crippen LogP) is 7.54. The monoisotopic (exact) mass is 709 g/mol. The Kier molecular flexibility index (Phi) is 9.28. The van der Waals surface area contributed by atoms with Crippen LogP contribution < -0.4 is 11.1 Å². The third-order valence-electron chi connectivity index (χ3n) is 16.9. The van der Waals surface area contributed by atoms with Gasteiger partial charge in [-0.2, -0.15) is 0 Å². The maximum atomic E-state index is 14.6. The molecule has 278 valence electrons. The zero-order chi connectivity index (χ0) is 35.9. The van der Waals surface area contributed by atoms with Gasteiger partial charge in [0.1, 0.15) is 0 Å². The van der Waals surface area contributed by atoms with Gasteiger partial charge >= 0.3 is 0 Å². The largest absolute Gasteiger partial charge is 0.366 e. The first kappa shape index (κ1) is 36.6. The van der Waals surface area contributed by atoms with Gasteiger partial charge in [-0.05, 0) is 138 Å². The van der Waals surface area contributed by atoms with Crippen LogP contribution in [-0.4, -0.2) is 69.1 Å². The first-order valence-electron chi connectivity index (χ1n) is 19.9. The lowest BCUT2D eigenvalue weighted by atomic mass is 9.33. The molecule has 5 aliphatic carbocycles. The van der Waals surface area contributed by atoms with Gasteiger partial charge in [-0.1, -0.05) is 59.8 Å². The SMILES string of the molecule is CC(CF)C1CCC2(NCCN3CCS(=O)(=O)CC3)CCC3(C)C(CCC4C5(C)CC=C(c6ccc(C(N)=O)cc6)C(C)(C)C5CCC43C)C12. The molecule has 1 aromatic carbocycles. The summed E-state index contributed by atoms with van der Waals surface area (Å²) >= 11 is 0. The Labute approximate surface area is 301 Å². The molecule has 0 spiro atoms. The summed E-state index contributed by atoms with van der Waals surface area (Å²) in [6.45, 7) is 17.8. The Morgan fingerprint density at radius 1 is 0.940 bits per heavy atom. The van der Waals surface area contributed by atoms with E-state index in [0.29, 0.717) is 48.2 Å². The highest BCUT2D eigenvalue weighted by Gasteiger charge is 2.70. The number of nitrogens with one attached hydrogen (secondary N) is 1. The summed E-state index contributed by atoms with van der Waals surface area (Å²) in [6, 6.07) is 7.93. The number of sulfone groups is 1. The number of carbonyl (C=O) groups excluding carboxylic acids is 1. The Balaban J connectivity index is 1.15. The zero-order valence-electron chi connectivity index (χ0n) is 31.7. The molecule has 1 saturated heterocycles. The van der Waals surface area contributed by atoms with Crippen LogP contribution in [-0.2, 0) is 9.84 Å². The average Bonchev–Trinajstić information content (AvgIpc) is 3.45. The molecule has 5 fully saturated rings. The molecule has 4 saturated carbocycles. The van der Waals surface area contributed by atoms with Crippen LogP contribution in [0.3, 0.4) is 0 Å². The molecule has 3 N–H and O–H groups in total. The second-order valence-corrected chi connectivity index (χ2v) is 21.4. The second kappa shape index (κ2) is 12.7. The molecule has 6 nitrogen and oxygen atoms in total. The van der Waals surface area contributed by atoms with Gasteiger partial charge in [0.2, 0.25) is 5.91 Å². The van der Waals surface area contributed by atoms with E-state index in [1.807, 2.05) is 12.1 Å². The molecule has 1 heterocycles. The van der Waals surface area contributed by atoms with Crippen LogP contribution in [0.1, 0.15) is 115 Å². The van der Waals surface area contributed by atoms with Crippen molar-refractivity contribution < 1.29 is 17.6 Å². The van der Waals surface area contributed by atoms with Crippen molar-refractivity contribution in [2.75, 3.05) is 44.4 Å². The van der Waals surface area contributed by atoms with E-state index in [9.17, 15) is 17.6 Å². The molecule has 7 rings (SSSR count). The fourth-order valence-corrected chi connectivity index (χ4v) is 15.3. The molecule has 0 aromatic heterocycles. The smallest absolute Gasteiger partial charge is 0.248 e. The number of hydrogen-bond acceptors (Lipinski definition) is 5. The van der Waals surface area contributed by atoms with Gasteiger partial charge in [-0.3, -0.25) is 9.18 Å². The molecule has 1 aliphatic heterocycles. The number of allylic oxidation sites excluding steroid dienone is 2. The van der Waals surface area contributed by atoms with E-state index < -0.39 is 9.84 Å². The molecule has 6 aliphatic rings. The third kappa shape index (κ3) is 5.58. The fourth-order valence-electron chi connectivity index (χ4n) is 14.1. The number of carbonyl (C=O) groups is 1. The maximum absolute atomic E-state index is 14.6. The topological polar surface area (TPSA) is 92.5 Å². The minimum atomic E-state index is -2.89. The van der Waals surface area contributed by atoms with Crippen molar-refractivity contribution >= 4 is 21.3 Å². The van der Waals surface area contributed by atoms with Gasteiger partial charge in [0.15, 0.2) is 9.84 Å². The molecule has 1 amide bonds. The highest BCUT2D eigenvalue weighted by molar-refractivity contribution is 7.91. The van der Waals surface area contributed by atoms with E-state index in [0.717, 1.165) is 38.8 Å². The normalized spacial score (nSPS) is 42.7. The summed E-state index contributed by atoms with van der Waals surface area (Å²) in [6.07, 6.45) is 13.2. The first-order chi connectivity index (χ1) is 23.5. The number of rotatable bonds is 8. The number of amides is 1. The lowest BCUT2D eigenvalue weighted by Gasteiger charge is -2.72. The number of alkyl halides is 1. The number of fused-ring (bicyclic) bond motifs is 7. The zero-order valence-corrected chi connectivity index (χ0v) is 32.5. The molecule has 10 atom stereocenters. The Hall–Kier alpha value is -1.77. The lowest BCUT2D eigenvalue weighted by Crippen LogP contribution is -2.68. The summed E-state index contributed by atoms with van der Waals surface area (Å²) in [5.74, 6) is 2.92.